The fourth-order valence-corrected chi connectivity index (χ4v) is 9.01. The molecule has 0 aliphatic rings. The van der Waals surface area contributed by atoms with Crippen molar-refractivity contribution < 1.29 is 4.79 Å². The van der Waals surface area contributed by atoms with Gasteiger partial charge < -0.3 is 0 Å². The van der Waals surface area contributed by atoms with Crippen molar-refractivity contribution in [1.82, 2.24) is 9.97 Å². The highest BCUT2D eigenvalue weighted by atomic mass is 32.1. The molecule has 0 saturated heterocycles. The Bertz CT molecular complexity index is 2430. The molecule has 7 heteroatoms. The summed E-state index contributed by atoms with van der Waals surface area (Å²) in [6, 6.07) is 57.6. The largest absolute Gasteiger partial charge is 0.298 e. The van der Waals surface area contributed by atoms with Crippen LogP contribution in [0.15, 0.2) is 180 Å². The summed E-state index contributed by atoms with van der Waals surface area (Å²) >= 11 is 3.16. The minimum atomic E-state index is -0.265. The molecule has 0 N–H and O–H groups in total. The average Bonchev–Trinajstić information content (AvgIpc) is 3.85. The number of aromatic nitrogens is 2. The highest BCUT2D eigenvalue weighted by Crippen LogP contribution is 2.38. The molecule has 0 saturated carbocycles. The molecule has 5 nitrogen and oxygen atoms in total. The molecular formula is C51H42N4OS2. The lowest BCUT2D eigenvalue weighted by atomic mass is 9.85. The lowest BCUT2D eigenvalue weighted by molar-refractivity contribution is -0.121. The van der Waals surface area contributed by atoms with Gasteiger partial charge in [-0.3, -0.25) is 4.79 Å². The monoisotopic (exact) mass is 790 g/mol. The second-order valence-corrected chi connectivity index (χ2v) is 16.3. The van der Waals surface area contributed by atoms with E-state index >= 15 is 0 Å². The minimum absolute atomic E-state index is 0.181. The summed E-state index contributed by atoms with van der Waals surface area (Å²) in [6.45, 7) is 8.06. The van der Waals surface area contributed by atoms with Crippen LogP contribution in [0.2, 0.25) is 0 Å². The quantitative estimate of drug-likeness (QED) is 0.116. The van der Waals surface area contributed by atoms with Crippen molar-refractivity contribution in [2.24, 2.45) is 9.98 Å². The van der Waals surface area contributed by atoms with Gasteiger partial charge in [0.15, 0.2) is 0 Å². The van der Waals surface area contributed by atoms with E-state index in [-0.39, 0.29) is 17.6 Å². The number of rotatable bonds is 12. The van der Waals surface area contributed by atoms with Gasteiger partial charge in [0.05, 0.1) is 32.6 Å². The summed E-state index contributed by atoms with van der Waals surface area (Å²) in [6.07, 6.45) is 0. The molecule has 284 valence electrons. The van der Waals surface area contributed by atoms with Gasteiger partial charge >= 0.3 is 0 Å². The molecule has 0 radical (unpaired) electrons. The van der Waals surface area contributed by atoms with Crippen LogP contribution in [0, 0.1) is 13.8 Å². The van der Waals surface area contributed by atoms with Crippen molar-refractivity contribution in [3.8, 4) is 20.9 Å². The average molecular weight is 791 g/mol. The van der Waals surface area contributed by atoms with Crippen molar-refractivity contribution in [3.63, 3.8) is 0 Å². The van der Waals surface area contributed by atoms with Gasteiger partial charge in [-0.25, -0.2) is 20.0 Å². The maximum atomic E-state index is 13.9. The number of nitrogens with zero attached hydrogens (tertiary/aromatic N) is 4. The van der Waals surface area contributed by atoms with Crippen molar-refractivity contribution in [1.29, 1.82) is 0 Å². The number of benzene rings is 6. The Morgan fingerprint density at radius 3 is 1.03 bits per heavy atom. The van der Waals surface area contributed by atoms with Crippen LogP contribution in [0.5, 0.6) is 0 Å². The van der Waals surface area contributed by atoms with Crippen molar-refractivity contribution in [3.05, 3.63) is 215 Å². The number of aliphatic imine (C=N–C) groups is 2. The number of ketones is 1. The lowest BCUT2D eigenvalue weighted by Gasteiger charge is -2.18. The molecule has 0 aliphatic heterocycles. The first-order valence-electron chi connectivity index (χ1n) is 19.4. The SMILES string of the molecule is Cc1nc(N=C(c2ccccc2)c2ccccc2)sc1-c1ccc(C(C)C(=O)C(C)c2ccc(-c3sc(N=C(c4ccccc4)c4ccccc4)nc3C)cc2)cc1. The summed E-state index contributed by atoms with van der Waals surface area (Å²) in [5.74, 6) is -0.350. The molecule has 2 heterocycles. The van der Waals surface area contributed by atoms with Crippen LogP contribution in [-0.4, -0.2) is 27.2 Å². The Kier molecular flexibility index (Phi) is 11.5. The summed E-state index contributed by atoms with van der Waals surface area (Å²) in [5, 5.41) is 1.42. The second-order valence-electron chi connectivity index (χ2n) is 14.3. The first-order valence-corrected chi connectivity index (χ1v) is 21.0. The highest BCUT2D eigenvalue weighted by Gasteiger charge is 2.24. The number of aryl methyl sites for hydroxylation is 2. The van der Waals surface area contributed by atoms with E-state index in [2.05, 4.69) is 97.1 Å². The molecule has 0 spiro atoms. The highest BCUT2D eigenvalue weighted by molar-refractivity contribution is 7.19. The lowest BCUT2D eigenvalue weighted by Crippen LogP contribution is -2.16. The summed E-state index contributed by atoms with van der Waals surface area (Å²) in [5.41, 5.74) is 11.9. The van der Waals surface area contributed by atoms with Gasteiger partial charge in [-0.15, -0.1) is 0 Å². The van der Waals surface area contributed by atoms with E-state index in [1.165, 1.54) is 0 Å². The Labute approximate surface area is 348 Å². The Morgan fingerprint density at radius 2 is 0.741 bits per heavy atom. The summed E-state index contributed by atoms with van der Waals surface area (Å²) in [4.78, 5) is 35.9. The van der Waals surface area contributed by atoms with Gasteiger partial charge in [0.2, 0.25) is 10.3 Å². The Balaban J connectivity index is 0.969. The zero-order valence-corrected chi connectivity index (χ0v) is 34.5. The Morgan fingerprint density at radius 1 is 0.448 bits per heavy atom. The maximum absolute atomic E-state index is 13.9. The molecule has 2 aromatic heterocycles. The first-order chi connectivity index (χ1) is 28.3. The van der Waals surface area contributed by atoms with Crippen LogP contribution in [-0.2, 0) is 4.79 Å². The molecule has 8 rings (SSSR count). The first kappa shape index (κ1) is 38.5. The van der Waals surface area contributed by atoms with Crippen LogP contribution in [0.1, 0.15) is 70.5 Å². The molecule has 0 bridgehead atoms. The predicted octanol–water partition coefficient (Wildman–Crippen LogP) is 13.4. The Hall–Kier alpha value is -6.41. The van der Waals surface area contributed by atoms with E-state index in [0.717, 1.165) is 77.1 Å². The molecule has 0 amide bonds. The second kappa shape index (κ2) is 17.4. The van der Waals surface area contributed by atoms with Crippen LogP contribution in [0.3, 0.4) is 0 Å². The van der Waals surface area contributed by atoms with Gasteiger partial charge in [0.1, 0.15) is 5.78 Å². The smallest absolute Gasteiger partial charge is 0.210 e. The van der Waals surface area contributed by atoms with Crippen LogP contribution < -0.4 is 0 Å². The zero-order chi connectivity index (χ0) is 40.0. The normalized spacial score (nSPS) is 12.1. The van der Waals surface area contributed by atoms with E-state index in [4.69, 9.17) is 20.0 Å². The molecule has 2 unspecified atom stereocenters. The number of Topliss-reactive ketones (excluding diaryl/α,β-unsaturated/α-hetero) is 1. The molecule has 0 aliphatic carbocycles. The van der Waals surface area contributed by atoms with Gasteiger partial charge in [-0.2, -0.15) is 0 Å². The van der Waals surface area contributed by atoms with E-state index in [0.29, 0.717) is 10.3 Å². The summed E-state index contributed by atoms with van der Waals surface area (Å²) < 4.78 is 0. The van der Waals surface area contributed by atoms with Gasteiger partial charge in [-0.05, 0) is 36.1 Å². The molecule has 58 heavy (non-hydrogen) atoms. The number of carbonyl (C=O) groups is 1. The molecule has 8 aromatic rings. The standard InChI is InChI=1S/C51H42N4OS2/c1-33(37-25-29-43(30-26-37)48-35(3)52-50(57-48)54-45(39-17-9-5-10-18-39)40-19-11-6-12-20-40)47(56)34(2)38-27-31-44(32-28-38)49-36(4)53-51(58-49)55-46(41-21-13-7-14-22-41)42-23-15-8-16-24-42/h5-34H,1-4H3. The van der Waals surface area contributed by atoms with Crippen LogP contribution in [0.25, 0.3) is 20.9 Å². The number of hydrogen-bond acceptors (Lipinski definition) is 7. The predicted molar refractivity (Wildman–Crippen MR) is 243 cm³/mol. The van der Waals surface area contributed by atoms with Gasteiger partial charge in [-0.1, -0.05) is 206 Å². The number of thiazole rings is 2. The van der Waals surface area contributed by atoms with Crippen molar-refractivity contribution in [2.75, 3.05) is 0 Å². The van der Waals surface area contributed by atoms with E-state index in [1.54, 1.807) is 22.7 Å². The topological polar surface area (TPSA) is 67.6 Å². The third-order valence-electron chi connectivity index (χ3n) is 10.4. The molecule has 0 fully saturated rings. The molecule has 6 aromatic carbocycles. The molecular weight excluding hydrogens is 749 g/mol. The minimum Gasteiger partial charge on any atom is -0.298 e. The van der Waals surface area contributed by atoms with Crippen LogP contribution >= 0.6 is 22.7 Å². The van der Waals surface area contributed by atoms with E-state index < -0.39 is 0 Å². The molecule has 2 atom stereocenters. The zero-order valence-electron chi connectivity index (χ0n) is 32.8. The number of hydrogen-bond donors (Lipinski definition) is 0. The van der Waals surface area contributed by atoms with E-state index in [9.17, 15) is 4.79 Å². The summed E-state index contributed by atoms with van der Waals surface area (Å²) in [7, 11) is 0. The maximum Gasteiger partial charge on any atom is 0.210 e. The van der Waals surface area contributed by atoms with Crippen LogP contribution in [0.4, 0.5) is 10.3 Å². The fourth-order valence-electron chi connectivity index (χ4n) is 7.11. The third-order valence-corrected chi connectivity index (χ3v) is 12.6. The van der Waals surface area contributed by atoms with Gasteiger partial charge in [0.25, 0.3) is 0 Å². The van der Waals surface area contributed by atoms with Crippen molar-refractivity contribution in [2.45, 2.75) is 39.5 Å². The van der Waals surface area contributed by atoms with Crippen molar-refractivity contribution >= 4 is 50.1 Å². The van der Waals surface area contributed by atoms with E-state index in [1.807, 2.05) is 100 Å². The third kappa shape index (κ3) is 8.47. The number of carbonyl (C=O) groups excluding carboxylic acids is 1. The van der Waals surface area contributed by atoms with Gasteiger partial charge in [0, 0.05) is 34.1 Å². The fraction of sp³-hybridized carbons (Fsp3) is 0.118.